The Balaban J connectivity index is 1.49. The minimum Gasteiger partial charge on any atom is -0.473 e. The van der Waals surface area contributed by atoms with Crippen molar-refractivity contribution in [2.45, 2.75) is 38.7 Å². The van der Waals surface area contributed by atoms with Gasteiger partial charge in [0, 0.05) is 24.4 Å². The van der Waals surface area contributed by atoms with Crippen molar-refractivity contribution >= 4 is 5.91 Å². The van der Waals surface area contributed by atoms with Gasteiger partial charge >= 0.3 is 0 Å². The quantitative estimate of drug-likeness (QED) is 0.838. The van der Waals surface area contributed by atoms with Gasteiger partial charge in [0.05, 0.1) is 0 Å². The third kappa shape index (κ3) is 4.82. The van der Waals surface area contributed by atoms with Crippen molar-refractivity contribution in [1.29, 1.82) is 0 Å². The van der Waals surface area contributed by atoms with E-state index in [1.807, 2.05) is 30.3 Å². The molecule has 1 amide bonds. The molecule has 3 rings (SSSR count). The molecule has 4 heteroatoms. The molecule has 2 aromatic rings. The molecule has 1 aromatic heterocycles. The van der Waals surface area contributed by atoms with E-state index in [0.29, 0.717) is 18.1 Å². The fourth-order valence-electron chi connectivity index (χ4n) is 3.15. The van der Waals surface area contributed by atoms with Gasteiger partial charge in [0.25, 0.3) is 5.91 Å². The fraction of sp³-hybridized carbons (Fsp3) is 0.400. The van der Waals surface area contributed by atoms with E-state index in [0.717, 1.165) is 24.4 Å². The van der Waals surface area contributed by atoms with Crippen LogP contribution >= 0.6 is 0 Å². The topological polar surface area (TPSA) is 51.2 Å². The summed E-state index contributed by atoms with van der Waals surface area (Å²) in [5.74, 6) is 1.20. The van der Waals surface area contributed by atoms with E-state index in [2.05, 4.69) is 10.3 Å². The highest BCUT2D eigenvalue weighted by molar-refractivity contribution is 5.94. The average Bonchev–Trinajstić information content (AvgIpc) is 3.14. The highest BCUT2D eigenvalue weighted by atomic mass is 16.5. The summed E-state index contributed by atoms with van der Waals surface area (Å²) in [6.45, 7) is 1.19. The van der Waals surface area contributed by atoms with Gasteiger partial charge in [-0.05, 0) is 24.0 Å². The Labute approximate surface area is 143 Å². The van der Waals surface area contributed by atoms with Gasteiger partial charge in [-0.25, -0.2) is 4.98 Å². The zero-order valence-electron chi connectivity index (χ0n) is 13.9. The molecule has 0 unspecified atom stereocenters. The predicted molar refractivity (Wildman–Crippen MR) is 93.9 cm³/mol. The average molecular weight is 324 g/mol. The van der Waals surface area contributed by atoms with Crippen molar-refractivity contribution in [1.82, 2.24) is 10.3 Å². The van der Waals surface area contributed by atoms with Crippen LogP contribution in [0.2, 0.25) is 0 Å². The van der Waals surface area contributed by atoms with Crippen molar-refractivity contribution in [3.63, 3.8) is 0 Å². The lowest BCUT2D eigenvalue weighted by atomic mass is 10.0. The number of pyridine rings is 1. The van der Waals surface area contributed by atoms with Crippen LogP contribution in [0.5, 0.6) is 5.88 Å². The summed E-state index contributed by atoms with van der Waals surface area (Å²) < 4.78 is 5.68. The van der Waals surface area contributed by atoms with Crippen LogP contribution in [0.1, 0.15) is 48.0 Å². The van der Waals surface area contributed by atoms with E-state index in [1.54, 1.807) is 18.3 Å². The Bertz CT molecular complexity index is 652. The summed E-state index contributed by atoms with van der Waals surface area (Å²) in [4.78, 5) is 16.4. The van der Waals surface area contributed by atoms with Gasteiger partial charge in [-0.15, -0.1) is 0 Å². The van der Waals surface area contributed by atoms with Crippen molar-refractivity contribution in [3.05, 3.63) is 59.8 Å². The van der Waals surface area contributed by atoms with E-state index < -0.39 is 0 Å². The fourth-order valence-corrected chi connectivity index (χ4v) is 3.15. The monoisotopic (exact) mass is 324 g/mol. The molecule has 1 aromatic carbocycles. The van der Waals surface area contributed by atoms with Crippen LogP contribution in [0.25, 0.3) is 0 Å². The Hall–Kier alpha value is -2.36. The van der Waals surface area contributed by atoms with Crippen LogP contribution in [0, 0.1) is 5.92 Å². The largest absolute Gasteiger partial charge is 0.473 e. The molecule has 1 heterocycles. The van der Waals surface area contributed by atoms with Gasteiger partial charge in [-0.2, -0.15) is 0 Å². The minimum atomic E-state index is -0.0556. The molecule has 0 bridgehead atoms. The third-order valence-electron chi connectivity index (χ3n) is 4.54. The van der Waals surface area contributed by atoms with Crippen LogP contribution in [0.4, 0.5) is 0 Å². The van der Waals surface area contributed by atoms with Gasteiger partial charge in [-0.1, -0.05) is 56.0 Å². The molecule has 1 fully saturated rings. The Kier molecular flexibility index (Phi) is 5.83. The third-order valence-corrected chi connectivity index (χ3v) is 4.54. The Morgan fingerprint density at radius 3 is 2.75 bits per heavy atom. The molecule has 1 N–H and O–H groups in total. The van der Waals surface area contributed by atoms with Gasteiger partial charge in [0.2, 0.25) is 5.88 Å². The smallest absolute Gasteiger partial charge is 0.251 e. The number of hydrogen-bond acceptors (Lipinski definition) is 3. The number of rotatable bonds is 7. The highest BCUT2D eigenvalue weighted by Gasteiger charge is 2.15. The summed E-state index contributed by atoms with van der Waals surface area (Å²) in [7, 11) is 0. The number of carbonyl (C=O) groups is 1. The number of nitrogens with one attached hydrogen (secondary N) is 1. The van der Waals surface area contributed by atoms with E-state index in [4.69, 9.17) is 4.74 Å². The number of hydrogen-bond donors (Lipinski definition) is 1. The van der Waals surface area contributed by atoms with Crippen molar-refractivity contribution < 1.29 is 9.53 Å². The maximum Gasteiger partial charge on any atom is 0.251 e. The molecule has 1 aliphatic rings. The number of benzene rings is 1. The van der Waals surface area contributed by atoms with Gasteiger partial charge in [0.15, 0.2) is 0 Å². The number of nitrogens with zero attached hydrogens (tertiary/aromatic N) is 1. The maximum absolute atomic E-state index is 12.3. The summed E-state index contributed by atoms with van der Waals surface area (Å²) in [6.07, 6.45) is 7.99. The summed E-state index contributed by atoms with van der Waals surface area (Å²) in [5.41, 5.74) is 1.67. The lowest BCUT2D eigenvalue weighted by Crippen LogP contribution is -2.25. The molecule has 0 radical (unpaired) electrons. The molecule has 126 valence electrons. The molecular formula is C20H24N2O2. The molecule has 0 aliphatic heterocycles. The second kappa shape index (κ2) is 8.48. The van der Waals surface area contributed by atoms with Gasteiger partial charge in [-0.3, -0.25) is 4.79 Å². The first-order valence-electron chi connectivity index (χ1n) is 8.72. The molecule has 1 aliphatic carbocycles. The highest BCUT2D eigenvalue weighted by Crippen LogP contribution is 2.26. The number of aromatic nitrogens is 1. The van der Waals surface area contributed by atoms with E-state index in [9.17, 15) is 4.79 Å². The SMILES string of the molecule is O=C(NCCC1CCCC1)c1ccnc(OCc2ccccc2)c1. The Morgan fingerprint density at radius 1 is 1.17 bits per heavy atom. The number of carbonyl (C=O) groups excluding carboxylic acids is 1. The van der Waals surface area contributed by atoms with Gasteiger partial charge in [0.1, 0.15) is 6.61 Å². The second-order valence-corrected chi connectivity index (χ2v) is 6.35. The van der Waals surface area contributed by atoms with Crippen molar-refractivity contribution in [3.8, 4) is 5.88 Å². The molecule has 1 saturated carbocycles. The van der Waals surface area contributed by atoms with E-state index in [-0.39, 0.29) is 5.91 Å². The van der Waals surface area contributed by atoms with Crippen molar-refractivity contribution in [2.24, 2.45) is 5.92 Å². The maximum atomic E-state index is 12.3. The first-order chi connectivity index (χ1) is 11.8. The Morgan fingerprint density at radius 2 is 1.96 bits per heavy atom. The zero-order chi connectivity index (χ0) is 16.6. The van der Waals surface area contributed by atoms with E-state index >= 15 is 0 Å². The minimum absolute atomic E-state index is 0.0556. The van der Waals surface area contributed by atoms with Crippen LogP contribution in [-0.2, 0) is 6.61 Å². The summed E-state index contributed by atoms with van der Waals surface area (Å²) in [6, 6.07) is 13.3. The molecule has 0 atom stereocenters. The lowest BCUT2D eigenvalue weighted by molar-refractivity contribution is 0.0950. The van der Waals surface area contributed by atoms with Crippen molar-refractivity contribution in [2.75, 3.05) is 6.54 Å². The summed E-state index contributed by atoms with van der Waals surface area (Å²) in [5, 5.41) is 3.00. The molecular weight excluding hydrogens is 300 g/mol. The van der Waals surface area contributed by atoms with Gasteiger partial charge < -0.3 is 10.1 Å². The standard InChI is InChI=1S/C20H24N2O2/c23-20(22-12-10-16-6-4-5-7-16)18-11-13-21-19(14-18)24-15-17-8-2-1-3-9-17/h1-3,8-9,11,13-14,16H,4-7,10,12,15H2,(H,22,23). The molecule has 0 spiro atoms. The molecule has 24 heavy (non-hydrogen) atoms. The normalized spacial score (nSPS) is 14.5. The van der Waals surface area contributed by atoms with Crippen LogP contribution < -0.4 is 10.1 Å². The molecule has 4 nitrogen and oxygen atoms in total. The summed E-state index contributed by atoms with van der Waals surface area (Å²) >= 11 is 0. The first-order valence-corrected chi connectivity index (χ1v) is 8.72. The zero-order valence-corrected chi connectivity index (χ0v) is 13.9. The first kappa shape index (κ1) is 16.5. The van der Waals surface area contributed by atoms with Crippen LogP contribution in [0.15, 0.2) is 48.7 Å². The lowest BCUT2D eigenvalue weighted by Gasteiger charge is -2.10. The second-order valence-electron chi connectivity index (χ2n) is 6.35. The van der Waals surface area contributed by atoms with E-state index in [1.165, 1.54) is 25.7 Å². The van der Waals surface area contributed by atoms with Crippen LogP contribution in [0.3, 0.4) is 0 Å². The molecule has 0 saturated heterocycles. The van der Waals surface area contributed by atoms with Crippen LogP contribution in [-0.4, -0.2) is 17.4 Å². The number of amides is 1. The predicted octanol–water partition coefficient (Wildman–Crippen LogP) is 3.97. The number of ether oxygens (including phenoxy) is 1.